The number of rotatable bonds is 60. The Morgan fingerprint density at radius 1 is 0.282 bits per heavy atom. The first-order valence-corrected chi connectivity index (χ1v) is 51.4. The average molecular weight is 2070 g/mol. The monoisotopic (exact) mass is 2070 g/mol. The minimum Gasteiger partial charge on any atom is -0.726 e. The van der Waals surface area contributed by atoms with E-state index in [1.165, 1.54) is 0 Å². The maximum absolute atomic E-state index is 12.9. The van der Waals surface area contributed by atoms with Gasteiger partial charge in [-0.1, -0.05) is 88.6 Å². The molecular formula is C46H71N4O61S13-13. The maximum Gasteiger partial charge on any atom is 0.219 e. The van der Waals surface area contributed by atoms with Crippen molar-refractivity contribution in [3.05, 3.63) is 10.4 Å². The summed E-state index contributed by atoms with van der Waals surface area (Å²) in [6, 6.07) is 0. The third-order valence-corrected chi connectivity index (χ3v) is 22.0. The molecule has 65 nitrogen and oxygen atoms in total. The predicted octanol–water partition coefficient (Wildman–Crippen LogP) is -8.98. The Labute approximate surface area is 707 Å². The summed E-state index contributed by atoms with van der Waals surface area (Å²) in [5.41, 5.74) is 8.33. The summed E-state index contributed by atoms with van der Waals surface area (Å²) in [5.74, 6) is -0.117. The number of carbonyl (C=O) groups is 1. The predicted molar refractivity (Wildman–Crippen MR) is 359 cm³/mol. The minimum atomic E-state index is -7.13. The third kappa shape index (κ3) is 47.2. The zero-order chi connectivity index (χ0) is 94.3. The van der Waals surface area contributed by atoms with Crippen LogP contribution in [-0.4, -0.2) is 343 Å². The second kappa shape index (κ2) is 48.4. The molecule has 4 saturated heterocycles. The van der Waals surface area contributed by atoms with Crippen molar-refractivity contribution in [3.63, 3.8) is 0 Å². The molecule has 0 unspecified atom stereocenters. The van der Waals surface area contributed by atoms with Crippen LogP contribution in [0.15, 0.2) is 5.11 Å². The third-order valence-electron chi connectivity index (χ3n) is 16.2. The number of amides is 1. The zero-order valence-corrected chi connectivity index (χ0v) is 72.4. The highest BCUT2D eigenvalue weighted by molar-refractivity contribution is 7.83. The van der Waals surface area contributed by atoms with Crippen LogP contribution >= 0.6 is 0 Å². The van der Waals surface area contributed by atoms with Gasteiger partial charge in [-0.05, 0) is 31.2 Å². The first-order chi connectivity index (χ1) is 56.5. The SMILES string of the molecule is [N-]=[N+]=NCCCCCCCCCCC(=O)NCCCCCCCCCCCO[C@@H]1O[C@H](COS(=O)(=O)[O-])[C@@H](O[C@H]2O[C@H](COS(=O)(=O)[O-])[C@@H](O[C@H]3O[C@H](COS(=O)(=O)[O-])[C@@H](O[C@H]4O[C@H](COS(=O)(=O)[O-])[C@@H](OS(=O)(=O)[O-])[C@H](OS(=O)(=O)[O-])[C@H]4OS(=O)(=O)[O-])[C@H](OS(=O)(=O)[O-])[C@H]3OS(=O)(=O)[O-])[C@H](OS(=O)(=O)[O-])[C@H]2OS(=O)(=O)[O-])[C@H](OS(=O)(=O)[O-])[C@H]1OS(=O)(=O)[O-]. The summed E-state index contributed by atoms with van der Waals surface area (Å²) >= 11 is 0. The molecule has 0 saturated carbocycles. The zero-order valence-electron chi connectivity index (χ0n) is 61.8. The van der Waals surface area contributed by atoms with Crippen molar-refractivity contribution in [1.29, 1.82) is 0 Å². The minimum absolute atomic E-state index is 0.117. The molecule has 20 atom stereocenters. The summed E-state index contributed by atoms with van der Waals surface area (Å²) in [5, 5.41) is 6.32. The van der Waals surface area contributed by atoms with Gasteiger partial charge in [0.2, 0.25) is 141 Å². The summed E-state index contributed by atoms with van der Waals surface area (Å²) in [4.78, 5) is 15.0. The normalized spacial score (nSPS) is 28.4. The first-order valence-electron chi connectivity index (χ1n) is 34.1. The maximum atomic E-state index is 12.9. The van der Waals surface area contributed by atoms with Gasteiger partial charge in [-0.15, -0.1) is 0 Å². The van der Waals surface area contributed by atoms with Crippen molar-refractivity contribution in [3.8, 4) is 0 Å². The van der Waals surface area contributed by atoms with Gasteiger partial charge in [0.15, 0.2) is 49.6 Å². The fourth-order valence-electron chi connectivity index (χ4n) is 11.8. The van der Waals surface area contributed by atoms with Crippen molar-refractivity contribution in [2.45, 2.75) is 238 Å². The number of hydrogen-bond donors (Lipinski definition) is 1. The molecule has 4 aliphatic rings. The molecule has 0 aliphatic carbocycles. The Morgan fingerprint density at radius 3 is 0.790 bits per heavy atom. The van der Waals surface area contributed by atoms with Crippen LogP contribution in [0, 0.1) is 0 Å². The number of carbonyl (C=O) groups excluding carboxylic acids is 1. The van der Waals surface area contributed by atoms with Crippen molar-refractivity contribution >= 4 is 141 Å². The lowest BCUT2D eigenvalue weighted by Crippen LogP contribution is -2.69. The number of hydrogen-bond acceptors (Lipinski definition) is 62. The second-order valence-electron chi connectivity index (χ2n) is 25.4. The van der Waals surface area contributed by atoms with E-state index in [2.05, 4.69) is 69.7 Å². The van der Waals surface area contributed by atoms with Gasteiger partial charge in [0.1, 0.15) is 73.2 Å². The Bertz CT molecular complexity index is 5090. The molecule has 0 spiro atoms. The first kappa shape index (κ1) is 113. The Kier molecular flexibility index (Phi) is 44.2. The molecule has 4 aliphatic heterocycles. The van der Waals surface area contributed by atoms with Gasteiger partial charge in [-0.25, -0.2) is 109 Å². The highest BCUT2D eigenvalue weighted by Gasteiger charge is 2.62. The van der Waals surface area contributed by atoms with Gasteiger partial charge in [0.05, 0.1) is 26.4 Å². The molecule has 0 aromatic rings. The van der Waals surface area contributed by atoms with Gasteiger partial charge in [0.25, 0.3) is 0 Å². The largest absolute Gasteiger partial charge is 0.726 e. The van der Waals surface area contributed by atoms with E-state index in [1.54, 1.807) is 0 Å². The van der Waals surface area contributed by atoms with Crippen LogP contribution in [0.5, 0.6) is 0 Å². The molecule has 1 amide bonds. The Morgan fingerprint density at radius 2 is 0.508 bits per heavy atom. The van der Waals surface area contributed by atoms with Crippen molar-refractivity contribution < 1.29 is 266 Å². The molecule has 0 radical (unpaired) electrons. The number of ether oxygens (including phenoxy) is 8. The van der Waals surface area contributed by atoms with Gasteiger partial charge >= 0.3 is 0 Å². The fourth-order valence-corrected chi connectivity index (χ4v) is 17.4. The number of azide groups is 1. The van der Waals surface area contributed by atoms with Crippen LogP contribution in [0.1, 0.15) is 116 Å². The van der Waals surface area contributed by atoms with Crippen LogP contribution in [0.4, 0.5) is 0 Å². The molecule has 124 heavy (non-hydrogen) atoms. The van der Waals surface area contributed by atoms with Gasteiger partial charge in [0, 0.05) is 31.0 Å². The molecule has 78 heteroatoms. The van der Waals surface area contributed by atoms with E-state index in [0.717, 1.165) is 44.9 Å². The highest BCUT2D eigenvalue weighted by Crippen LogP contribution is 2.42. The Hall–Kier alpha value is -3.23. The van der Waals surface area contributed by atoms with E-state index in [4.69, 9.17) is 43.4 Å². The van der Waals surface area contributed by atoms with E-state index in [9.17, 15) is 173 Å². The van der Waals surface area contributed by atoms with Crippen LogP contribution in [0.3, 0.4) is 0 Å². The molecule has 4 fully saturated rings. The quantitative estimate of drug-likeness (QED) is 0.0148. The van der Waals surface area contributed by atoms with E-state index < -0.39 is 291 Å². The summed E-state index contributed by atoms with van der Waals surface area (Å²) < 4.78 is 576. The van der Waals surface area contributed by atoms with Crippen molar-refractivity contribution in [1.82, 2.24) is 5.32 Å². The van der Waals surface area contributed by atoms with Gasteiger partial charge in [-0.3, -0.25) is 59.2 Å². The van der Waals surface area contributed by atoms with Crippen LogP contribution in [0.25, 0.3) is 10.4 Å². The summed E-state index contributed by atoms with van der Waals surface area (Å²) in [7, 11) is -87.9. The molecule has 4 heterocycles. The number of unbranched alkanes of at least 4 members (excludes halogenated alkanes) is 15. The van der Waals surface area contributed by atoms with E-state index in [1.807, 2.05) is 0 Å². The molecule has 0 bridgehead atoms. The fraction of sp³-hybridized carbons (Fsp3) is 0.978. The molecule has 4 rings (SSSR count). The Balaban J connectivity index is 1.87. The molecule has 732 valence electrons. The lowest BCUT2D eigenvalue weighted by Gasteiger charge is -2.52. The van der Waals surface area contributed by atoms with Crippen LogP contribution in [0.2, 0.25) is 0 Å². The topological polar surface area (TPSA) is 1020 Å². The number of nitrogens with zero attached hydrogens (tertiary/aromatic N) is 3. The summed E-state index contributed by atoms with van der Waals surface area (Å²) in [6.45, 7) is -9.54. The number of nitrogens with one attached hydrogen (secondary N) is 1. The summed E-state index contributed by atoms with van der Waals surface area (Å²) in [6.07, 6.45) is -62.8. The average Bonchev–Trinajstić information content (AvgIpc) is 0.749. The molecular weight excluding hydrogens is 2000 g/mol. The van der Waals surface area contributed by atoms with E-state index in [-0.39, 0.29) is 18.7 Å². The lowest BCUT2D eigenvalue weighted by molar-refractivity contribution is -0.379. The lowest BCUT2D eigenvalue weighted by atomic mass is 9.95. The van der Waals surface area contributed by atoms with Crippen molar-refractivity contribution in [2.24, 2.45) is 5.11 Å². The smallest absolute Gasteiger partial charge is 0.219 e. The highest BCUT2D eigenvalue weighted by atomic mass is 32.3. The van der Waals surface area contributed by atoms with Gasteiger partial charge < -0.3 is 102 Å². The van der Waals surface area contributed by atoms with Crippen LogP contribution in [-0.2, 0) is 232 Å². The van der Waals surface area contributed by atoms with E-state index in [0.29, 0.717) is 70.9 Å². The molecule has 0 aromatic carbocycles. The van der Waals surface area contributed by atoms with Crippen LogP contribution < -0.4 is 5.32 Å². The molecule has 0 aromatic heterocycles. The van der Waals surface area contributed by atoms with Crippen molar-refractivity contribution in [2.75, 3.05) is 46.1 Å². The standard InChI is InChI=1S/C46H84N4O61S13/c47-50-49-20-16-12-8-4-2-6-10-14-18-30(51)48-19-15-11-7-3-1-5-9-13-17-21-91-43-39(108-121(79,80)81)35(104-117(67,68)69)31(26(96-43)22-92-112(52,53)54)100-44-40(109-122(82,83)84)36(105-118(70,71)72)32(27(97-44)23-93-113(55,56)57)101-45-41(110-123(85,86)87)37(106-119(73,74)75)33(28(98-45)24-94-114(58,59)60)102-46-42(111-124(88,89)90)38(107-120(76,77)78)34(103-116(64,65)66)29(99-46)25-95-115(61,62)63/h26-29,31-46H,1-25H2,(H,48,51)(H,52,53,54)(H,55,56,57)(H,58,59,60)(H,61,62,63)(H,64,65,66)(H,67,68,69)(H,70,71,72)(H,73,74,75)(H,76,77,78)(H,79,80,81)(H,82,83,84)(H,85,86,87)(H,88,89,90)/p-13/t26-,27-,28-,29-,31-,32-,33-,34-,35+,36+,37+,38+,39-,40-,41-,42-,43-,44-,45-,46-/m1/s1. The van der Waals surface area contributed by atoms with E-state index >= 15 is 0 Å². The second-order valence-corrected chi connectivity index (χ2v) is 38.7. The molecule has 1 N–H and O–H groups in total. The van der Waals surface area contributed by atoms with Gasteiger partial charge in [-0.2, -0.15) is 0 Å².